The number of hydrogen-bond acceptors (Lipinski definition) is 4. The van der Waals surface area contributed by atoms with Crippen molar-refractivity contribution in [1.29, 1.82) is 0 Å². The number of rotatable bonds is 4. The zero-order valence-electron chi connectivity index (χ0n) is 9.11. The Morgan fingerprint density at radius 2 is 2.19 bits per heavy atom. The molecular weight excluding hydrogens is 226 g/mol. The fourth-order valence-corrected chi connectivity index (χ4v) is 1.77. The molecule has 16 heavy (non-hydrogen) atoms. The van der Waals surface area contributed by atoms with E-state index in [1.165, 1.54) is 0 Å². The second-order valence-corrected chi connectivity index (χ2v) is 3.59. The van der Waals surface area contributed by atoms with Crippen molar-refractivity contribution in [2.75, 3.05) is 17.6 Å². The van der Waals surface area contributed by atoms with Gasteiger partial charge in [-0.2, -0.15) is 5.10 Å². The normalized spacial score (nSPS) is 14.6. The monoisotopic (exact) mass is 239 g/mol. The van der Waals surface area contributed by atoms with E-state index < -0.39 is 0 Å². The first kappa shape index (κ1) is 11.1. The average Bonchev–Trinajstić information content (AvgIpc) is 2.78. The second-order valence-electron chi connectivity index (χ2n) is 3.37. The van der Waals surface area contributed by atoms with Crippen molar-refractivity contribution in [2.45, 2.75) is 13.3 Å². The van der Waals surface area contributed by atoms with Crippen LogP contribution in [0.2, 0.25) is 0 Å². The van der Waals surface area contributed by atoms with Crippen molar-refractivity contribution >= 4 is 23.1 Å². The van der Waals surface area contributed by atoms with E-state index in [1.54, 1.807) is 0 Å². The minimum Gasteiger partial charge on any atom is -0.478 e. The fraction of sp³-hybridized carbons (Fsp3) is 0.364. The summed E-state index contributed by atoms with van der Waals surface area (Å²) in [4.78, 5) is 2.13. The molecule has 0 saturated carbocycles. The van der Waals surface area contributed by atoms with Gasteiger partial charge >= 0.3 is 0 Å². The molecule has 0 spiro atoms. The van der Waals surface area contributed by atoms with Crippen LogP contribution in [-0.4, -0.2) is 18.6 Å². The number of halogens is 1. The standard InChI is InChI=1S/C11H14ClN3O/c1-2-11-14-13-8-15(11)9-3-5-10(6-4-9)16-7-12/h3-6,13H,2,7-8H2,1H3. The largest absolute Gasteiger partial charge is 0.478 e. The zero-order valence-corrected chi connectivity index (χ0v) is 9.87. The molecule has 0 bridgehead atoms. The SMILES string of the molecule is CCC1=NNCN1c1ccc(OCCl)cc1. The third-order valence-corrected chi connectivity index (χ3v) is 2.54. The minimum atomic E-state index is 0.173. The van der Waals surface area contributed by atoms with Gasteiger partial charge in [0.15, 0.2) is 6.07 Å². The van der Waals surface area contributed by atoms with Gasteiger partial charge in [-0.3, -0.25) is 5.43 Å². The van der Waals surface area contributed by atoms with Gasteiger partial charge < -0.3 is 9.64 Å². The van der Waals surface area contributed by atoms with Crippen LogP contribution in [-0.2, 0) is 0 Å². The van der Waals surface area contributed by atoms with Gasteiger partial charge in [0, 0.05) is 12.1 Å². The highest BCUT2D eigenvalue weighted by atomic mass is 35.5. The Morgan fingerprint density at radius 3 is 2.81 bits per heavy atom. The fourth-order valence-electron chi connectivity index (χ4n) is 1.64. The van der Waals surface area contributed by atoms with Crippen molar-refractivity contribution in [3.63, 3.8) is 0 Å². The Hall–Kier alpha value is -1.42. The summed E-state index contributed by atoms with van der Waals surface area (Å²) < 4.78 is 5.18. The third kappa shape index (κ3) is 2.22. The lowest BCUT2D eigenvalue weighted by molar-refractivity contribution is 0.388. The van der Waals surface area contributed by atoms with Crippen LogP contribution in [0.15, 0.2) is 29.4 Å². The first-order chi connectivity index (χ1) is 7.85. The topological polar surface area (TPSA) is 36.9 Å². The van der Waals surface area contributed by atoms with Crippen LogP contribution >= 0.6 is 11.6 Å². The van der Waals surface area contributed by atoms with Crippen molar-refractivity contribution in [3.8, 4) is 5.75 Å². The molecule has 2 rings (SSSR count). The van der Waals surface area contributed by atoms with E-state index in [0.717, 1.165) is 30.4 Å². The number of benzene rings is 1. The van der Waals surface area contributed by atoms with Crippen LogP contribution in [0.3, 0.4) is 0 Å². The second kappa shape index (κ2) is 5.07. The highest BCUT2D eigenvalue weighted by Crippen LogP contribution is 2.21. The highest BCUT2D eigenvalue weighted by molar-refractivity contribution is 6.17. The van der Waals surface area contributed by atoms with Crippen molar-refractivity contribution < 1.29 is 4.74 Å². The molecular formula is C11H14ClN3O. The molecule has 1 aromatic rings. The summed E-state index contributed by atoms with van der Waals surface area (Å²) >= 11 is 5.49. The summed E-state index contributed by atoms with van der Waals surface area (Å²) in [6, 6.07) is 7.99. The summed E-state index contributed by atoms with van der Waals surface area (Å²) in [5, 5.41) is 4.21. The smallest absolute Gasteiger partial charge is 0.162 e. The van der Waals surface area contributed by atoms with E-state index in [2.05, 4.69) is 22.4 Å². The van der Waals surface area contributed by atoms with Gasteiger partial charge in [0.2, 0.25) is 0 Å². The molecule has 0 saturated heterocycles. The maximum absolute atomic E-state index is 5.49. The van der Waals surface area contributed by atoms with Gasteiger partial charge in [0.1, 0.15) is 18.3 Å². The van der Waals surface area contributed by atoms with E-state index in [0.29, 0.717) is 0 Å². The molecule has 1 aliphatic rings. The minimum absolute atomic E-state index is 0.173. The van der Waals surface area contributed by atoms with Crippen LogP contribution in [0.1, 0.15) is 13.3 Å². The van der Waals surface area contributed by atoms with Crippen LogP contribution in [0, 0.1) is 0 Å². The van der Waals surface area contributed by atoms with Gasteiger partial charge in [-0.25, -0.2) is 0 Å². The highest BCUT2D eigenvalue weighted by Gasteiger charge is 2.16. The molecule has 0 unspecified atom stereocenters. The number of hydrogen-bond donors (Lipinski definition) is 1. The summed E-state index contributed by atoms with van der Waals surface area (Å²) in [5.41, 5.74) is 4.08. The Balaban J connectivity index is 2.12. The molecule has 86 valence electrons. The number of anilines is 1. The van der Waals surface area contributed by atoms with Crippen molar-refractivity contribution in [3.05, 3.63) is 24.3 Å². The first-order valence-corrected chi connectivity index (χ1v) is 5.74. The number of hydrazone groups is 1. The van der Waals surface area contributed by atoms with E-state index in [4.69, 9.17) is 16.3 Å². The predicted octanol–water partition coefficient (Wildman–Crippen LogP) is 2.35. The Morgan fingerprint density at radius 1 is 1.44 bits per heavy atom. The lowest BCUT2D eigenvalue weighted by atomic mass is 10.2. The van der Waals surface area contributed by atoms with E-state index in [-0.39, 0.29) is 6.07 Å². The molecule has 1 aliphatic heterocycles. The molecule has 0 aliphatic carbocycles. The molecule has 1 N–H and O–H groups in total. The van der Waals surface area contributed by atoms with Gasteiger partial charge in [0.25, 0.3) is 0 Å². The summed E-state index contributed by atoms with van der Waals surface area (Å²) in [6.07, 6.45) is 0.910. The summed E-state index contributed by atoms with van der Waals surface area (Å²) in [5.74, 6) is 1.83. The van der Waals surface area contributed by atoms with Crippen LogP contribution in [0.25, 0.3) is 0 Å². The molecule has 4 nitrogen and oxygen atoms in total. The van der Waals surface area contributed by atoms with Crippen LogP contribution in [0.5, 0.6) is 5.75 Å². The van der Waals surface area contributed by atoms with Crippen molar-refractivity contribution in [2.24, 2.45) is 5.10 Å². The molecule has 0 atom stereocenters. The van der Waals surface area contributed by atoms with Crippen LogP contribution < -0.4 is 15.1 Å². The van der Waals surface area contributed by atoms with Crippen LogP contribution in [0.4, 0.5) is 5.69 Å². The Kier molecular flexibility index (Phi) is 3.51. The Labute approximate surface area is 99.8 Å². The van der Waals surface area contributed by atoms with Gasteiger partial charge in [-0.1, -0.05) is 18.5 Å². The average molecular weight is 240 g/mol. The third-order valence-electron chi connectivity index (χ3n) is 2.43. The van der Waals surface area contributed by atoms with Crippen molar-refractivity contribution in [1.82, 2.24) is 5.43 Å². The lowest BCUT2D eigenvalue weighted by Gasteiger charge is -2.18. The molecule has 1 aromatic carbocycles. The van der Waals surface area contributed by atoms with Gasteiger partial charge in [-0.05, 0) is 24.3 Å². The van der Waals surface area contributed by atoms with E-state index in [1.807, 2.05) is 24.3 Å². The van der Waals surface area contributed by atoms with Gasteiger partial charge in [-0.15, -0.1) is 0 Å². The Bertz CT molecular complexity index is 377. The number of nitrogens with one attached hydrogen (secondary N) is 1. The maximum Gasteiger partial charge on any atom is 0.162 e. The molecule has 1 heterocycles. The first-order valence-electron chi connectivity index (χ1n) is 5.21. The lowest BCUT2D eigenvalue weighted by Crippen LogP contribution is -2.28. The maximum atomic E-state index is 5.49. The van der Waals surface area contributed by atoms with Gasteiger partial charge in [0.05, 0.1) is 0 Å². The number of alkyl halides is 1. The number of amidine groups is 1. The predicted molar refractivity (Wildman–Crippen MR) is 66.0 cm³/mol. The van der Waals surface area contributed by atoms with E-state index >= 15 is 0 Å². The quantitative estimate of drug-likeness (QED) is 0.820. The number of ether oxygens (including phenoxy) is 1. The molecule has 5 heteroatoms. The summed E-state index contributed by atoms with van der Waals surface area (Å²) in [7, 11) is 0. The molecule has 0 amide bonds. The molecule has 0 radical (unpaired) electrons. The van der Waals surface area contributed by atoms with E-state index in [9.17, 15) is 0 Å². The zero-order chi connectivity index (χ0) is 11.4. The molecule has 0 fully saturated rings. The molecule has 0 aromatic heterocycles. The number of nitrogens with zero attached hydrogens (tertiary/aromatic N) is 2. The summed E-state index contributed by atoms with van der Waals surface area (Å²) in [6.45, 7) is 2.81.